The molecule has 9 heteroatoms. The van der Waals surface area contributed by atoms with Gasteiger partial charge in [-0.2, -0.15) is 0 Å². The number of rotatable bonds is 8. The Balaban J connectivity index is 1.53. The maximum atomic E-state index is 11.7. The smallest absolute Gasteiger partial charge is 0.238 e. The first kappa shape index (κ1) is 21.6. The van der Waals surface area contributed by atoms with Gasteiger partial charge in [0.05, 0.1) is 22.5 Å². The predicted molar refractivity (Wildman–Crippen MR) is 119 cm³/mol. The number of unbranched alkanes of at least 4 members (excludes halogenated alkanes) is 1. The van der Waals surface area contributed by atoms with Crippen LogP contribution < -0.4 is 14.6 Å². The molecule has 0 fully saturated rings. The van der Waals surface area contributed by atoms with Crippen LogP contribution in [0.4, 0.5) is 0 Å². The number of sulfonamides is 1. The summed E-state index contributed by atoms with van der Waals surface area (Å²) >= 11 is 0. The number of primary sulfonamides is 1. The summed E-state index contributed by atoms with van der Waals surface area (Å²) in [5.74, 6) is 2.42. The molecule has 1 aromatic heterocycles. The Morgan fingerprint density at radius 3 is 2.74 bits per heavy atom. The molecule has 0 saturated heterocycles. The monoisotopic (exact) mass is 444 g/mol. The molecule has 1 atom stereocenters. The van der Waals surface area contributed by atoms with Crippen molar-refractivity contribution in [3.8, 4) is 11.5 Å². The zero-order valence-electron chi connectivity index (χ0n) is 17.8. The van der Waals surface area contributed by atoms with E-state index in [0.29, 0.717) is 25.2 Å². The minimum Gasteiger partial charge on any atom is -0.486 e. The van der Waals surface area contributed by atoms with Crippen LogP contribution >= 0.6 is 0 Å². The van der Waals surface area contributed by atoms with Crippen molar-refractivity contribution in [1.82, 2.24) is 14.5 Å². The van der Waals surface area contributed by atoms with Crippen LogP contribution in [0.15, 0.2) is 47.4 Å². The van der Waals surface area contributed by atoms with Crippen LogP contribution in [-0.2, 0) is 23.1 Å². The van der Waals surface area contributed by atoms with Crippen LogP contribution in [0.5, 0.6) is 11.5 Å². The molecule has 31 heavy (non-hydrogen) atoms. The highest BCUT2D eigenvalue weighted by Crippen LogP contribution is 2.31. The van der Waals surface area contributed by atoms with Gasteiger partial charge in [-0.05, 0) is 43.8 Å². The molecule has 0 amide bonds. The van der Waals surface area contributed by atoms with Crippen molar-refractivity contribution in [1.29, 1.82) is 0 Å². The summed E-state index contributed by atoms with van der Waals surface area (Å²) in [7, 11) is -1.75. The maximum absolute atomic E-state index is 11.7. The second-order valence-corrected chi connectivity index (χ2v) is 9.48. The lowest BCUT2D eigenvalue weighted by Gasteiger charge is -2.29. The summed E-state index contributed by atoms with van der Waals surface area (Å²) in [5, 5.41) is 5.30. The van der Waals surface area contributed by atoms with Gasteiger partial charge in [-0.3, -0.25) is 4.90 Å². The summed E-state index contributed by atoms with van der Waals surface area (Å²) in [6, 6.07) is 12.6. The zero-order valence-corrected chi connectivity index (χ0v) is 18.6. The molecular weight excluding hydrogens is 416 g/mol. The third-order valence-corrected chi connectivity index (χ3v) is 6.27. The Morgan fingerprint density at radius 2 is 2.00 bits per heavy atom. The molecule has 0 unspecified atom stereocenters. The van der Waals surface area contributed by atoms with Crippen molar-refractivity contribution in [2.45, 2.75) is 43.9 Å². The van der Waals surface area contributed by atoms with Gasteiger partial charge in [0.1, 0.15) is 18.5 Å². The van der Waals surface area contributed by atoms with E-state index in [2.05, 4.69) is 16.4 Å². The Morgan fingerprint density at radius 1 is 1.23 bits per heavy atom. The van der Waals surface area contributed by atoms with Gasteiger partial charge in [-0.25, -0.2) is 18.5 Å². The average Bonchev–Trinajstić information content (AvgIpc) is 3.07. The van der Waals surface area contributed by atoms with E-state index in [1.807, 2.05) is 31.3 Å². The highest BCUT2D eigenvalue weighted by atomic mass is 32.2. The van der Waals surface area contributed by atoms with Crippen LogP contribution in [0.25, 0.3) is 11.0 Å². The van der Waals surface area contributed by atoms with E-state index in [1.165, 1.54) is 0 Å². The van der Waals surface area contributed by atoms with Crippen LogP contribution in [0, 0.1) is 0 Å². The Hall–Kier alpha value is -2.62. The number of aromatic nitrogens is 2. The van der Waals surface area contributed by atoms with E-state index in [0.717, 1.165) is 42.2 Å². The summed E-state index contributed by atoms with van der Waals surface area (Å²) in [4.78, 5) is 6.96. The second kappa shape index (κ2) is 8.86. The largest absolute Gasteiger partial charge is 0.486 e. The summed E-state index contributed by atoms with van der Waals surface area (Å²) in [5.41, 5.74) is 1.55. The zero-order chi connectivity index (χ0) is 22.0. The van der Waals surface area contributed by atoms with Crippen molar-refractivity contribution in [2.24, 2.45) is 5.14 Å². The van der Waals surface area contributed by atoms with Crippen molar-refractivity contribution in [3.63, 3.8) is 0 Å². The van der Waals surface area contributed by atoms with Gasteiger partial charge in [0.25, 0.3) is 0 Å². The lowest BCUT2D eigenvalue weighted by atomic mass is 10.2. The molecule has 4 rings (SSSR count). The lowest BCUT2D eigenvalue weighted by molar-refractivity contribution is 0.0630. The number of para-hydroxylation sites is 2. The number of hydrogen-bond donors (Lipinski definition) is 1. The van der Waals surface area contributed by atoms with E-state index < -0.39 is 10.0 Å². The lowest BCUT2D eigenvalue weighted by Crippen LogP contribution is -2.39. The number of ether oxygens (including phenoxy) is 2. The van der Waals surface area contributed by atoms with E-state index in [-0.39, 0.29) is 11.0 Å². The Kier molecular flexibility index (Phi) is 6.17. The third kappa shape index (κ3) is 4.84. The number of nitrogens with zero attached hydrogens (tertiary/aromatic N) is 3. The van der Waals surface area contributed by atoms with Crippen LogP contribution in [0.3, 0.4) is 0 Å². The summed E-state index contributed by atoms with van der Waals surface area (Å²) in [6.07, 6.45) is 1.98. The number of hydrogen-bond acceptors (Lipinski definition) is 6. The van der Waals surface area contributed by atoms with Crippen LogP contribution in [-0.4, -0.2) is 49.2 Å². The molecule has 2 heterocycles. The van der Waals surface area contributed by atoms with Crippen LogP contribution in [0.1, 0.15) is 25.6 Å². The van der Waals surface area contributed by atoms with E-state index in [4.69, 9.17) is 19.6 Å². The van der Waals surface area contributed by atoms with Gasteiger partial charge < -0.3 is 14.0 Å². The van der Waals surface area contributed by atoms with Gasteiger partial charge in [0.15, 0.2) is 11.5 Å². The topological polar surface area (TPSA) is 99.7 Å². The fourth-order valence-corrected chi connectivity index (χ4v) is 4.36. The van der Waals surface area contributed by atoms with Gasteiger partial charge in [-0.15, -0.1) is 0 Å². The third-order valence-electron chi connectivity index (χ3n) is 5.36. The van der Waals surface area contributed by atoms with E-state index in [9.17, 15) is 8.42 Å². The minimum absolute atomic E-state index is 0.0754. The predicted octanol–water partition coefficient (Wildman–Crippen LogP) is 2.76. The average molecular weight is 445 g/mol. The highest BCUT2D eigenvalue weighted by Gasteiger charge is 2.23. The van der Waals surface area contributed by atoms with E-state index >= 15 is 0 Å². The van der Waals surface area contributed by atoms with Crippen molar-refractivity contribution < 1.29 is 17.9 Å². The number of fused-ring (bicyclic) bond motifs is 2. The molecule has 1 aliphatic rings. The van der Waals surface area contributed by atoms with E-state index in [1.54, 1.807) is 18.2 Å². The molecule has 0 spiro atoms. The molecule has 0 radical (unpaired) electrons. The van der Waals surface area contributed by atoms with Gasteiger partial charge in [-0.1, -0.05) is 25.5 Å². The minimum atomic E-state index is -3.77. The standard InChI is InChI=1S/C22H28N4O4S/c1-3-4-11-26-19-10-9-17(31(23,27)28)12-18(19)24-22(26)14-25(2)13-16-15-29-20-7-5-6-8-21(20)30-16/h5-10,12,16H,3-4,11,13-15H2,1-2H3,(H2,23,27,28)/t16-/m0/s1. The maximum Gasteiger partial charge on any atom is 0.238 e. The molecule has 8 nitrogen and oxygen atoms in total. The molecule has 1 aliphatic heterocycles. The normalized spacial score (nSPS) is 16.2. The van der Waals surface area contributed by atoms with Crippen molar-refractivity contribution >= 4 is 21.1 Å². The number of benzene rings is 2. The molecule has 3 aromatic rings. The number of aryl methyl sites for hydroxylation is 1. The molecule has 2 aromatic carbocycles. The quantitative estimate of drug-likeness (QED) is 0.574. The molecule has 0 saturated carbocycles. The first-order valence-corrected chi connectivity index (χ1v) is 12.0. The first-order valence-electron chi connectivity index (χ1n) is 10.4. The fourth-order valence-electron chi connectivity index (χ4n) is 3.83. The Bertz CT molecular complexity index is 1180. The molecule has 166 valence electrons. The first-order chi connectivity index (χ1) is 14.8. The number of imidazole rings is 1. The molecule has 0 aliphatic carbocycles. The van der Waals surface area contributed by atoms with Crippen molar-refractivity contribution in [3.05, 3.63) is 48.3 Å². The SMILES string of the molecule is CCCCn1c(CN(C)C[C@H]2COc3ccccc3O2)nc2cc(S(N)(=O)=O)ccc21. The van der Waals surface area contributed by atoms with Gasteiger partial charge in [0, 0.05) is 13.1 Å². The second-order valence-electron chi connectivity index (χ2n) is 7.92. The van der Waals surface area contributed by atoms with Crippen molar-refractivity contribution in [2.75, 3.05) is 20.2 Å². The number of nitrogens with two attached hydrogens (primary N) is 1. The summed E-state index contributed by atoms with van der Waals surface area (Å²) < 4.78 is 37.5. The van der Waals surface area contributed by atoms with Gasteiger partial charge >= 0.3 is 0 Å². The number of likely N-dealkylation sites (N-methyl/N-ethyl adjacent to an activating group) is 1. The highest BCUT2D eigenvalue weighted by molar-refractivity contribution is 7.89. The van der Waals surface area contributed by atoms with Gasteiger partial charge in [0.2, 0.25) is 10.0 Å². The fraction of sp³-hybridized carbons (Fsp3) is 0.409. The summed E-state index contributed by atoms with van der Waals surface area (Å²) in [6.45, 7) is 4.73. The molecule has 0 bridgehead atoms. The van der Waals surface area contributed by atoms with Crippen LogP contribution in [0.2, 0.25) is 0 Å². The molecule has 2 N–H and O–H groups in total. The molecular formula is C22H28N4O4S. The Labute approximate surface area is 182 Å².